The summed E-state index contributed by atoms with van der Waals surface area (Å²) in [7, 11) is 0.888. The second-order valence-electron chi connectivity index (χ2n) is 8.20. The molecule has 0 bridgehead atoms. The van der Waals surface area contributed by atoms with Gasteiger partial charge < -0.3 is 0 Å². The molecule has 0 aliphatic heterocycles. The van der Waals surface area contributed by atoms with Crippen molar-refractivity contribution in [2.45, 2.75) is 66.1 Å². The Labute approximate surface area is 149 Å². The van der Waals surface area contributed by atoms with Crippen LogP contribution in [0.25, 0.3) is 11.3 Å². The molecule has 1 aromatic carbocycles. The zero-order chi connectivity index (χ0) is 18.1. The SMILES string of the molecule is CCC(CC)c1ccc(C)c(-c2cc(C)c([Si](C)(C)C)c[n+]2C)c1. The molecule has 0 amide bonds. The van der Waals surface area contributed by atoms with Crippen LogP contribution in [0.5, 0.6) is 0 Å². The molecular weight excluding hydrogens is 306 g/mol. The highest BCUT2D eigenvalue weighted by Crippen LogP contribution is 2.29. The average Bonchev–Trinajstić information content (AvgIpc) is 2.51. The molecule has 0 unspecified atom stereocenters. The molecule has 0 saturated heterocycles. The Bertz CT molecular complexity index is 721. The summed E-state index contributed by atoms with van der Waals surface area (Å²) in [4.78, 5) is 0. The van der Waals surface area contributed by atoms with Crippen molar-refractivity contribution in [3.05, 3.63) is 47.2 Å². The normalized spacial score (nSPS) is 12.0. The van der Waals surface area contributed by atoms with Gasteiger partial charge in [-0.15, -0.1) is 0 Å². The van der Waals surface area contributed by atoms with Gasteiger partial charge in [0.25, 0.3) is 0 Å². The lowest BCUT2D eigenvalue weighted by atomic mass is 9.90. The first-order valence-electron chi connectivity index (χ1n) is 9.30. The first-order chi connectivity index (χ1) is 11.2. The first-order valence-corrected chi connectivity index (χ1v) is 12.8. The summed E-state index contributed by atoms with van der Waals surface area (Å²) in [5.74, 6) is 0.664. The van der Waals surface area contributed by atoms with Crippen molar-refractivity contribution in [1.82, 2.24) is 0 Å². The minimum absolute atomic E-state index is 0.664. The monoisotopic (exact) mass is 340 g/mol. The Hall–Kier alpha value is -1.41. The third-order valence-corrected chi connectivity index (χ3v) is 7.42. The quantitative estimate of drug-likeness (QED) is 0.517. The molecule has 0 radical (unpaired) electrons. The van der Waals surface area contributed by atoms with E-state index in [4.69, 9.17) is 0 Å². The van der Waals surface area contributed by atoms with E-state index in [0.717, 1.165) is 0 Å². The molecular formula is C22H34NSi+. The topological polar surface area (TPSA) is 3.88 Å². The van der Waals surface area contributed by atoms with Crippen LogP contribution in [-0.2, 0) is 7.05 Å². The van der Waals surface area contributed by atoms with Crippen LogP contribution in [0.1, 0.15) is 49.3 Å². The Morgan fingerprint density at radius 1 is 0.958 bits per heavy atom. The molecule has 0 atom stereocenters. The van der Waals surface area contributed by atoms with E-state index < -0.39 is 8.07 Å². The Morgan fingerprint density at radius 2 is 1.58 bits per heavy atom. The van der Waals surface area contributed by atoms with Crippen LogP contribution in [0.3, 0.4) is 0 Å². The highest BCUT2D eigenvalue weighted by Gasteiger charge is 2.25. The third-order valence-electron chi connectivity index (χ3n) is 5.28. The van der Waals surface area contributed by atoms with E-state index in [9.17, 15) is 0 Å². The van der Waals surface area contributed by atoms with Crippen LogP contribution < -0.4 is 9.75 Å². The summed E-state index contributed by atoms with van der Waals surface area (Å²) in [5.41, 5.74) is 6.99. The molecule has 1 nitrogen and oxygen atoms in total. The summed E-state index contributed by atoms with van der Waals surface area (Å²) in [6.45, 7) is 16.4. The van der Waals surface area contributed by atoms with E-state index in [1.54, 1.807) is 5.19 Å². The smallest absolute Gasteiger partial charge is 0.201 e. The second-order valence-corrected chi connectivity index (χ2v) is 13.2. The maximum absolute atomic E-state index is 2.43. The minimum Gasteiger partial charge on any atom is -0.201 e. The van der Waals surface area contributed by atoms with E-state index in [-0.39, 0.29) is 0 Å². The lowest BCUT2D eigenvalue weighted by molar-refractivity contribution is -0.659. The van der Waals surface area contributed by atoms with Gasteiger partial charge in [0, 0.05) is 16.8 Å². The predicted molar refractivity (Wildman–Crippen MR) is 109 cm³/mol. The third kappa shape index (κ3) is 3.80. The van der Waals surface area contributed by atoms with Crippen LogP contribution in [0.15, 0.2) is 30.5 Å². The van der Waals surface area contributed by atoms with Gasteiger partial charge in [-0.3, -0.25) is 0 Å². The van der Waals surface area contributed by atoms with E-state index >= 15 is 0 Å². The number of aromatic nitrogens is 1. The van der Waals surface area contributed by atoms with E-state index in [1.165, 1.54) is 40.8 Å². The summed E-state index contributed by atoms with van der Waals surface area (Å²) >= 11 is 0. The van der Waals surface area contributed by atoms with Crippen LogP contribution in [0.2, 0.25) is 19.6 Å². The van der Waals surface area contributed by atoms with Gasteiger partial charge in [0.2, 0.25) is 5.69 Å². The highest BCUT2D eigenvalue weighted by molar-refractivity contribution is 6.88. The number of nitrogens with zero attached hydrogens (tertiary/aromatic N) is 1. The number of hydrogen-bond acceptors (Lipinski definition) is 0. The fourth-order valence-corrected chi connectivity index (χ4v) is 5.57. The molecule has 2 heteroatoms. The minimum atomic E-state index is -1.31. The summed E-state index contributed by atoms with van der Waals surface area (Å²) < 4.78 is 2.33. The van der Waals surface area contributed by atoms with Crippen molar-refractivity contribution in [2.75, 3.05) is 0 Å². The molecule has 24 heavy (non-hydrogen) atoms. The Morgan fingerprint density at radius 3 is 2.12 bits per heavy atom. The molecule has 0 aliphatic carbocycles. The molecule has 0 aliphatic rings. The molecule has 2 rings (SSSR count). The molecule has 130 valence electrons. The van der Waals surface area contributed by atoms with E-state index in [1.807, 2.05) is 0 Å². The van der Waals surface area contributed by atoms with Crippen molar-refractivity contribution in [3.63, 3.8) is 0 Å². The van der Waals surface area contributed by atoms with Gasteiger partial charge in [0.05, 0.1) is 8.07 Å². The second kappa shape index (κ2) is 7.22. The zero-order valence-electron chi connectivity index (χ0n) is 16.8. The average molecular weight is 341 g/mol. The zero-order valence-corrected chi connectivity index (χ0v) is 17.8. The molecule has 0 spiro atoms. The van der Waals surface area contributed by atoms with Crippen LogP contribution in [0, 0.1) is 13.8 Å². The van der Waals surface area contributed by atoms with Crippen molar-refractivity contribution in [2.24, 2.45) is 7.05 Å². The van der Waals surface area contributed by atoms with Gasteiger partial charge in [-0.2, -0.15) is 0 Å². The van der Waals surface area contributed by atoms with Gasteiger partial charge in [0.15, 0.2) is 6.20 Å². The number of hydrogen-bond donors (Lipinski definition) is 0. The van der Waals surface area contributed by atoms with Gasteiger partial charge in [-0.25, -0.2) is 4.57 Å². The summed E-state index contributed by atoms with van der Waals surface area (Å²) in [6, 6.07) is 9.44. The van der Waals surface area contributed by atoms with E-state index in [0.29, 0.717) is 5.92 Å². The first kappa shape index (κ1) is 18.9. The molecule has 0 fully saturated rings. The van der Waals surface area contributed by atoms with Crippen molar-refractivity contribution >= 4 is 13.3 Å². The number of pyridine rings is 1. The van der Waals surface area contributed by atoms with Crippen molar-refractivity contribution < 1.29 is 4.57 Å². The standard InChI is InChI=1S/C22H34NSi/c1-9-18(10-2)19-12-11-16(3)20(14-19)21-13-17(4)22(15-23(21)5)24(6,7)8/h11-15,18H,9-10H2,1-8H3/q+1. The van der Waals surface area contributed by atoms with Gasteiger partial charge >= 0.3 is 0 Å². The van der Waals surface area contributed by atoms with Crippen LogP contribution in [0.4, 0.5) is 0 Å². The molecule has 1 heterocycles. The number of benzene rings is 1. The molecule has 0 N–H and O–H groups in total. The van der Waals surface area contributed by atoms with Gasteiger partial charge in [-0.05, 0) is 55.4 Å². The van der Waals surface area contributed by atoms with Gasteiger partial charge in [-0.1, -0.05) is 45.6 Å². The van der Waals surface area contributed by atoms with Crippen molar-refractivity contribution in [3.8, 4) is 11.3 Å². The number of aryl methyl sites for hydroxylation is 3. The highest BCUT2D eigenvalue weighted by atomic mass is 28.3. The fourth-order valence-electron chi connectivity index (χ4n) is 3.73. The lowest BCUT2D eigenvalue weighted by Crippen LogP contribution is -2.46. The van der Waals surface area contributed by atoms with Gasteiger partial charge in [0.1, 0.15) is 7.05 Å². The lowest BCUT2D eigenvalue weighted by Gasteiger charge is -2.19. The molecule has 2 aromatic rings. The van der Waals surface area contributed by atoms with Crippen molar-refractivity contribution in [1.29, 1.82) is 0 Å². The summed E-state index contributed by atoms with van der Waals surface area (Å²) in [6.07, 6.45) is 4.79. The number of rotatable bonds is 5. The Balaban J connectivity index is 2.60. The van der Waals surface area contributed by atoms with Crippen LogP contribution >= 0.6 is 0 Å². The fraction of sp³-hybridized carbons (Fsp3) is 0.500. The predicted octanol–water partition coefficient (Wildman–Crippen LogP) is 5.24. The maximum atomic E-state index is 2.43. The summed E-state index contributed by atoms with van der Waals surface area (Å²) in [5, 5.41) is 1.56. The molecule has 1 aromatic heterocycles. The molecule has 0 saturated carbocycles. The Kier molecular flexibility index (Phi) is 5.69. The largest absolute Gasteiger partial charge is 0.212 e. The maximum Gasteiger partial charge on any atom is 0.212 e. The van der Waals surface area contributed by atoms with E-state index in [2.05, 4.69) is 89.4 Å². The van der Waals surface area contributed by atoms with Crippen LogP contribution in [-0.4, -0.2) is 8.07 Å².